The van der Waals surface area contributed by atoms with Gasteiger partial charge in [-0.1, -0.05) is 41.2 Å². The number of fused-ring (bicyclic) bond motifs is 1. The summed E-state index contributed by atoms with van der Waals surface area (Å²) in [5.41, 5.74) is 3.05. The SMILES string of the molecule is Cc1cccc(-c2nnc3sc(-c4ccccn4)nn23)c1. The third-order valence-electron chi connectivity index (χ3n) is 3.15. The summed E-state index contributed by atoms with van der Waals surface area (Å²) < 4.78 is 1.78. The number of rotatable bonds is 2. The molecule has 4 aromatic rings. The summed E-state index contributed by atoms with van der Waals surface area (Å²) in [6, 6.07) is 13.9. The van der Waals surface area contributed by atoms with E-state index in [4.69, 9.17) is 0 Å². The van der Waals surface area contributed by atoms with E-state index in [-0.39, 0.29) is 0 Å². The van der Waals surface area contributed by atoms with Crippen LogP contribution in [-0.2, 0) is 0 Å². The Hall–Kier alpha value is -2.60. The fourth-order valence-electron chi connectivity index (χ4n) is 2.17. The molecular formula is C15H11N5S. The average molecular weight is 293 g/mol. The fourth-order valence-corrected chi connectivity index (χ4v) is 2.99. The van der Waals surface area contributed by atoms with Crippen molar-refractivity contribution in [2.24, 2.45) is 0 Å². The number of pyridine rings is 1. The number of hydrogen-bond donors (Lipinski definition) is 0. The summed E-state index contributed by atoms with van der Waals surface area (Å²) in [6.45, 7) is 2.06. The van der Waals surface area contributed by atoms with Gasteiger partial charge < -0.3 is 0 Å². The van der Waals surface area contributed by atoms with Crippen molar-refractivity contribution in [3.63, 3.8) is 0 Å². The molecule has 21 heavy (non-hydrogen) atoms. The highest BCUT2D eigenvalue weighted by Crippen LogP contribution is 2.26. The van der Waals surface area contributed by atoms with Gasteiger partial charge in [-0.3, -0.25) is 4.98 Å². The van der Waals surface area contributed by atoms with Crippen molar-refractivity contribution < 1.29 is 0 Å². The Morgan fingerprint density at radius 1 is 1.05 bits per heavy atom. The van der Waals surface area contributed by atoms with E-state index in [1.54, 1.807) is 10.7 Å². The second-order valence-electron chi connectivity index (χ2n) is 4.71. The molecule has 5 nitrogen and oxygen atoms in total. The standard InChI is InChI=1S/C15H11N5S/c1-10-5-4-6-11(9-10)13-17-18-15-20(13)19-14(21-15)12-7-2-3-8-16-12/h2-9H,1H3. The zero-order valence-corrected chi connectivity index (χ0v) is 12.1. The van der Waals surface area contributed by atoms with E-state index in [1.807, 2.05) is 30.3 Å². The molecule has 0 fully saturated rings. The van der Waals surface area contributed by atoms with Gasteiger partial charge in [0.05, 0.1) is 0 Å². The van der Waals surface area contributed by atoms with Crippen molar-refractivity contribution >= 4 is 16.3 Å². The molecular weight excluding hydrogens is 282 g/mol. The van der Waals surface area contributed by atoms with Gasteiger partial charge in [0.1, 0.15) is 5.69 Å². The summed E-state index contributed by atoms with van der Waals surface area (Å²) in [5.74, 6) is 0.757. The highest BCUT2D eigenvalue weighted by atomic mass is 32.1. The van der Waals surface area contributed by atoms with Gasteiger partial charge >= 0.3 is 0 Å². The van der Waals surface area contributed by atoms with Crippen LogP contribution >= 0.6 is 11.3 Å². The zero-order chi connectivity index (χ0) is 14.2. The van der Waals surface area contributed by atoms with Crippen LogP contribution in [0.2, 0.25) is 0 Å². The molecule has 4 rings (SSSR count). The number of nitrogens with zero attached hydrogens (tertiary/aromatic N) is 5. The van der Waals surface area contributed by atoms with Crippen molar-refractivity contribution in [2.75, 3.05) is 0 Å². The summed E-state index contributed by atoms with van der Waals surface area (Å²) in [7, 11) is 0. The Bertz CT molecular complexity index is 910. The zero-order valence-electron chi connectivity index (χ0n) is 11.3. The van der Waals surface area contributed by atoms with Crippen LogP contribution in [0.1, 0.15) is 5.56 Å². The Kier molecular flexibility index (Phi) is 2.75. The quantitative estimate of drug-likeness (QED) is 0.569. The van der Waals surface area contributed by atoms with E-state index in [0.717, 1.165) is 27.1 Å². The lowest BCUT2D eigenvalue weighted by atomic mass is 10.1. The molecule has 0 unspecified atom stereocenters. The maximum Gasteiger partial charge on any atom is 0.235 e. The molecule has 102 valence electrons. The van der Waals surface area contributed by atoms with Gasteiger partial charge in [-0.2, -0.15) is 9.61 Å². The molecule has 0 saturated heterocycles. The van der Waals surface area contributed by atoms with Crippen molar-refractivity contribution in [3.8, 4) is 22.1 Å². The molecule has 0 spiro atoms. The Morgan fingerprint density at radius 2 is 2.00 bits per heavy atom. The second kappa shape index (κ2) is 4.75. The Morgan fingerprint density at radius 3 is 2.81 bits per heavy atom. The first-order valence-corrected chi connectivity index (χ1v) is 7.33. The van der Waals surface area contributed by atoms with Crippen molar-refractivity contribution in [1.29, 1.82) is 0 Å². The van der Waals surface area contributed by atoms with Gasteiger partial charge in [-0.25, -0.2) is 0 Å². The first-order chi connectivity index (χ1) is 10.3. The van der Waals surface area contributed by atoms with Crippen LogP contribution in [0.4, 0.5) is 0 Å². The lowest BCUT2D eigenvalue weighted by Crippen LogP contribution is -1.91. The summed E-state index contributed by atoms with van der Waals surface area (Å²) >= 11 is 1.49. The van der Waals surface area contributed by atoms with Gasteiger partial charge in [-0.05, 0) is 25.1 Å². The Balaban J connectivity index is 1.87. The average Bonchev–Trinajstić information content (AvgIpc) is 3.08. The first-order valence-electron chi connectivity index (χ1n) is 6.52. The molecule has 0 aliphatic rings. The molecule has 1 aromatic carbocycles. The summed E-state index contributed by atoms with van der Waals surface area (Å²) in [5, 5.41) is 13.9. The lowest BCUT2D eigenvalue weighted by molar-refractivity contribution is 0.966. The fraction of sp³-hybridized carbons (Fsp3) is 0.0667. The van der Waals surface area contributed by atoms with Gasteiger partial charge in [0.15, 0.2) is 10.8 Å². The Labute approximate surface area is 124 Å². The monoisotopic (exact) mass is 293 g/mol. The molecule has 0 aliphatic carbocycles. The van der Waals surface area contributed by atoms with E-state index in [9.17, 15) is 0 Å². The molecule has 3 aromatic heterocycles. The largest absolute Gasteiger partial charge is 0.254 e. The smallest absolute Gasteiger partial charge is 0.235 e. The van der Waals surface area contributed by atoms with E-state index >= 15 is 0 Å². The van der Waals surface area contributed by atoms with E-state index in [2.05, 4.69) is 39.3 Å². The number of aryl methyl sites for hydroxylation is 1. The van der Waals surface area contributed by atoms with Crippen molar-refractivity contribution in [2.45, 2.75) is 6.92 Å². The van der Waals surface area contributed by atoms with Crippen LogP contribution < -0.4 is 0 Å². The highest BCUT2D eigenvalue weighted by Gasteiger charge is 2.14. The molecule has 0 bridgehead atoms. The van der Waals surface area contributed by atoms with Crippen molar-refractivity contribution in [1.82, 2.24) is 24.8 Å². The minimum absolute atomic E-state index is 0.757. The van der Waals surface area contributed by atoms with Crippen LogP contribution in [0.3, 0.4) is 0 Å². The van der Waals surface area contributed by atoms with E-state index in [1.165, 1.54) is 16.9 Å². The minimum Gasteiger partial charge on any atom is -0.254 e. The summed E-state index contributed by atoms with van der Waals surface area (Å²) in [6.07, 6.45) is 1.76. The normalized spacial score (nSPS) is 11.1. The summed E-state index contributed by atoms with van der Waals surface area (Å²) in [4.78, 5) is 5.10. The second-order valence-corrected chi connectivity index (χ2v) is 5.67. The van der Waals surface area contributed by atoms with Gasteiger partial charge in [0, 0.05) is 11.8 Å². The third kappa shape index (κ3) is 2.09. The van der Waals surface area contributed by atoms with Gasteiger partial charge in [0.25, 0.3) is 0 Å². The molecule has 0 aliphatic heterocycles. The van der Waals surface area contributed by atoms with Crippen LogP contribution in [0, 0.1) is 6.92 Å². The van der Waals surface area contributed by atoms with Crippen LogP contribution in [-0.4, -0.2) is 24.8 Å². The van der Waals surface area contributed by atoms with Crippen molar-refractivity contribution in [3.05, 3.63) is 54.2 Å². The maximum atomic E-state index is 4.60. The van der Waals surface area contributed by atoms with Crippen LogP contribution in [0.5, 0.6) is 0 Å². The molecule has 3 heterocycles. The molecule has 0 N–H and O–H groups in total. The lowest BCUT2D eigenvalue weighted by Gasteiger charge is -1.98. The number of benzene rings is 1. The molecule has 6 heteroatoms. The molecule has 0 saturated carbocycles. The van der Waals surface area contributed by atoms with Gasteiger partial charge in [-0.15, -0.1) is 10.2 Å². The number of aromatic nitrogens is 5. The molecule has 0 radical (unpaired) electrons. The van der Waals surface area contributed by atoms with Gasteiger partial charge in [0.2, 0.25) is 4.96 Å². The first kappa shape index (κ1) is 12.2. The van der Waals surface area contributed by atoms with E-state index < -0.39 is 0 Å². The van der Waals surface area contributed by atoms with Crippen LogP contribution in [0.25, 0.3) is 27.1 Å². The third-order valence-corrected chi connectivity index (χ3v) is 4.07. The molecule has 0 atom stereocenters. The number of hydrogen-bond acceptors (Lipinski definition) is 5. The van der Waals surface area contributed by atoms with E-state index in [0.29, 0.717) is 0 Å². The minimum atomic E-state index is 0.757. The maximum absolute atomic E-state index is 4.60. The molecule has 0 amide bonds. The van der Waals surface area contributed by atoms with Crippen LogP contribution in [0.15, 0.2) is 48.7 Å². The topological polar surface area (TPSA) is 56.0 Å². The highest BCUT2D eigenvalue weighted by molar-refractivity contribution is 7.19. The predicted octanol–water partition coefficient (Wildman–Crippen LogP) is 3.22. The predicted molar refractivity (Wildman–Crippen MR) is 82.1 cm³/mol.